The number of benzene rings is 1. The monoisotopic (exact) mass is 321 g/mol. The third kappa shape index (κ3) is 3.49. The van der Waals surface area contributed by atoms with Gasteiger partial charge >= 0.3 is 6.03 Å². The lowest BCUT2D eigenvalue weighted by Gasteiger charge is -2.22. The first-order valence-corrected chi connectivity index (χ1v) is 7.41. The number of hydrogen-bond acceptors (Lipinski definition) is 3. The molecule has 2 rings (SSSR count). The second-order valence-corrected chi connectivity index (χ2v) is 6.15. The lowest BCUT2D eigenvalue weighted by molar-refractivity contribution is -0.134. The summed E-state index contributed by atoms with van der Waals surface area (Å²) in [6.07, 6.45) is 0. The van der Waals surface area contributed by atoms with Crippen molar-refractivity contribution >= 4 is 17.8 Å². The Morgan fingerprint density at radius 1 is 1.30 bits per heavy atom. The Kier molecular flexibility index (Phi) is 4.68. The van der Waals surface area contributed by atoms with E-state index < -0.39 is 29.2 Å². The zero-order valence-electron chi connectivity index (χ0n) is 13.4. The second kappa shape index (κ2) is 6.36. The summed E-state index contributed by atoms with van der Waals surface area (Å²) in [6.45, 7) is 5.55. The Labute approximate surface area is 134 Å². The molecular weight excluding hydrogens is 301 g/mol. The van der Waals surface area contributed by atoms with Crippen molar-refractivity contribution in [3.63, 3.8) is 0 Å². The number of imide groups is 1. The Balaban J connectivity index is 2.13. The van der Waals surface area contributed by atoms with Crippen LogP contribution in [0.1, 0.15) is 26.3 Å². The van der Waals surface area contributed by atoms with E-state index in [1.807, 2.05) is 13.8 Å². The largest absolute Gasteiger partial charge is 0.354 e. The van der Waals surface area contributed by atoms with Gasteiger partial charge in [-0.15, -0.1) is 0 Å². The Morgan fingerprint density at radius 3 is 2.48 bits per heavy atom. The fourth-order valence-electron chi connectivity index (χ4n) is 2.34. The number of amides is 4. The first kappa shape index (κ1) is 16.9. The predicted octanol–water partition coefficient (Wildman–Crippen LogP) is 1.36. The summed E-state index contributed by atoms with van der Waals surface area (Å²) in [7, 11) is 0. The number of halogens is 1. The molecule has 1 aliphatic rings. The first-order valence-electron chi connectivity index (χ1n) is 7.41. The molecule has 0 aliphatic carbocycles. The molecule has 4 amide bonds. The number of rotatable bonds is 5. The van der Waals surface area contributed by atoms with Crippen LogP contribution in [0.2, 0.25) is 0 Å². The lowest BCUT2D eigenvalue weighted by atomic mass is 9.92. The molecular formula is C16H20FN3O3. The lowest BCUT2D eigenvalue weighted by Crippen LogP contribution is -2.43. The number of nitrogens with one attached hydrogen (secondary N) is 2. The molecule has 23 heavy (non-hydrogen) atoms. The van der Waals surface area contributed by atoms with Gasteiger partial charge in [0.05, 0.1) is 0 Å². The molecule has 1 saturated heterocycles. The number of urea groups is 1. The van der Waals surface area contributed by atoms with Crippen molar-refractivity contribution in [3.05, 3.63) is 35.6 Å². The van der Waals surface area contributed by atoms with E-state index in [1.165, 1.54) is 31.2 Å². The number of hydrogen-bond donors (Lipinski definition) is 2. The highest BCUT2D eigenvalue weighted by Crippen LogP contribution is 2.28. The van der Waals surface area contributed by atoms with Gasteiger partial charge in [-0.1, -0.05) is 26.0 Å². The van der Waals surface area contributed by atoms with E-state index in [9.17, 15) is 18.8 Å². The van der Waals surface area contributed by atoms with E-state index >= 15 is 0 Å². The predicted molar refractivity (Wildman–Crippen MR) is 81.8 cm³/mol. The maximum Gasteiger partial charge on any atom is 0.325 e. The van der Waals surface area contributed by atoms with Crippen molar-refractivity contribution in [2.45, 2.75) is 26.3 Å². The van der Waals surface area contributed by atoms with Crippen molar-refractivity contribution in [2.24, 2.45) is 5.92 Å². The number of carbonyl (C=O) groups is 3. The summed E-state index contributed by atoms with van der Waals surface area (Å²) in [5.41, 5.74) is -0.842. The van der Waals surface area contributed by atoms with Crippen molar-refractivity contribution in [1.29, 1.82) is 0 Å². The van der Waals surface area contributed by atoms with Crippen molar-refractivity contribution in [3.8, 4) is 0 Å². The standard InChI is InChI=1S/C16H20FN3O3/c1-10(2)8-18-13(21)9-20-14(22)16(3,19-15(20)23)11-4-6-12(17)7-5-11/h4-7,10H,8-9H2,1-3H3,(H,18,21)(H,19,23)/t16-/m0/s1. The van der Waals surface area contributed by atoms with Gasteiger partial charge in [0.15, 0.2) is 0 Å². The maximum atomic E-state index is 13.0. The summed E-state index contributed by atoms with van der Waals surface area (Å²) < 4.78 is 13.0. The molecule has 2 N–H and O–H groups in total. The topological polar surface area (TPSA) is 78.5 Å². The van der Waals surface area contributed by atoms with Crippen LogP contribution in [0.4, 0.5) is 9.18 Å². The minimum absolute atomic E-state index is 0.270. The second-order valence-electron chi connectivity index (χ2n) is 6.15. The Hall–Kier alpha value is -2.44. The van der Waals surface area contributed by atoms with Crippen molar-refractivity contribution < 1.29 is 18.8 Å². The van der Waals surface area contributed by atoms with E-state index in [0.29, 0.717) is 12.1 Å². The molecule has 1 aliphatic heterocycles. The summed E-state index contributed by atoms with van der Waals surface area (Å²) >= 11 is 0. The SMILES string of the molecule is CC(C)CNC(=O)CN1C(=O)N[C@@](C)(c2ccc(F)cc2)C1=O. The summed E-state index contributed by atoms with van der Waals surface area (Å²) in [4.78, 5) is 37.3. The summed E-state index contributed by atoms with van der Waals surface area (Å²) in [6, 6.07) is 4.68. The van der Waals surface area contributed by atoms with Crippen LogP contribution in [0.5, 0.6) is 0 Å². The van der Waals surface area contributed by atoms with Crippen molar-refractivity contribution in [1.82, 2.24) is 15.5 Å². The summed E-state index contributed by atoms with van der Waals surface area (Å²) in [5, 5.41) is 5.23. The fraction of sp³-hybridized carbons (Fsp3) is 0.438. The van der Waals surface area contributed by atoms with E-state index in [1.54, 1.807) is 0 Å². The zero-order chi connectivity index (χ0) is 17.2. The van der Waals surface area contributed by atoms with E-state index in [2.05, 4.69) is 10.6 Å². The molecule has 1 fully saturated rings. The normalized spacial score (nSPS) is 20.8. The van der Waals surface area contributed by atoms with Gasteiger partial charge in [0, 0.05) is 6.54 Å². The van der Waals surface area contributed by atoms with Crippen LogP contribution >= 0.6 is 0 Å². The molecule has 1 atom stereocenters. The molecule has 124 valence electrons. The van der Waals surface area contributed by atoms with Crippen LogP contribution in [0.15, 0.2) is 24.3 Å². The van der Waals surface area contributed by atoms with Gasteiger partial charge in [0.2, 0.25) is 5.91 Å². The zero-order valence-corrected chi connectivity index (χ0v) is 13.4. The van der Waals surface area contributed by atoms with Gasteiger partial charge in [-0.25, -0.2) is 9.18 Å². The molecule has 0 radical (unpaired) electrons. The van der Waals surface area contributed by atoms with Crippen LogP contribution in [0, 0.1) is 11.7 Å². The quantitative estimate of drug-likeness (QED) is 0.804. The number of carbonyl (C=O) groups excluding carboxylic acids is 3. The third-order valence-corrected chi connectivity index (χ3v) is 3.71. The van der Waals surface area contributed by atoms with Gasteiger partial charge < -0.3 is 10.6 Å². The van der Waals surface area contributed by atoms with Gasteiger partial charge in [0.25, 0.3) is 5.91 Å². The smallest absolute Gasteiger partial charge is 0.325 e. The summed E-state index contributed by atoms with van der Waals surface area (Å²) in [5.74, 6) is -1.09. The molecule has 7 heteroatoms. The Morgan fingerprint density at radius 2 is 1.91 bits per heavy atom. The molecule has 0 bridgehead atoms. The van der Waals surface area contributed by atoms with Crippen LogP contribution < -0.4 is 10.6 Å². The van der Waals surface area contributed by atoms with E-state index in [4.69, 9.17) is 0 Å². The molecule has 1 aromatic rings. The highest BCUT2D eigenvalue weighted by atomic mass is 19.1. The first-order chi connectivity index (χ1) is 10.7. The Bertz CT molecular complexity index is 630. The minimum atomic E-state index is -1.30. The molecule has 0 spiro atoms. The average molecular weight is 321 g/mol. The molecule has 0 unspecified atom stereocenters. The van der Waals surface area contributed by atoms with Crippen molar-refractivity contribution in [2.75, 3.05) is 13.1 Å². The highest BCUT2D eigenvalue weighted by molar-refractivity contribution is 6.09. The van der Waals surface area contributed by atoms with Crippen LogP contribution in [0.25, 0.3) is 0 Å². The fourth-order valence-corrected chi connectivity index (χ4v) is 2.34. The molecule has 0 saturated carbocycles. The van der Waals surface area contributed by atoms with Gasteiger partial charge in [-0.05, 0) is 30.5 Å². The van der Waals surface area contributed by atoms with Crippen LogP contribution in [0.3, 0.4) is 0 Å². The van der Waals surface area contributed by atoms with Gasteiger partial charge in [-0.3, -0.25) is 14.5 Å². The van der Waals surface area contributed by atoms with Gasteiger partial charge in [0.1, 0.15) is 17.9 Å². The van der Waals surface area contributed by atoms with Gasteiger partial charge in [-0.2, -0.15) is 0 Å². The van der Waals surface area contributed by atoms with E-state index in [0.717, 1.165) is 4.90 Å². The molecule has 6 nitrogen and oxygen atoms in total. The molecule has 1 aromatic carbocycles. The van der Waals surface area contributed by atoms with E-state index in [-0.39, 0.29) is 12.5 Å². The van der Waals surface area contributed by atoms with Crippen LogP contribution in [-0.2, 0) is 15.1 Å². The third-order valence-electron chi connectivity index (χ3n) is 3.71. The average Bonchev–Trinajstić information content (AvgIpc) is 2.70. The molecule has 0 aromatic heterocycles. The maximum absolute atomic E-state index is 13.0. The molecule has 1 heterocycles. The number of nitrogens with zero attached hydrogens (tertiary/aromatic N) is 1. The minimum Gasteiger partial charge on any atom is -0.354 e. The highest BCUT2D eigenvalue weighted by Gasteiger charge is 2.49. The van der Waals surface area contributed by atoms with Crippen LogP contribution in [-0.4, -0.2) is 35.8 Å².